The summed E-state index contributed by atoms with van der Waals surface area (Å²) >= 11 is 6.21. The Kier molecular flexibility index (Phi) is 5.49. The summed E-state index contributed by atoms with van der Waals surface area (Å²) < 4.78 is 11.1. The van der Waals surface area contributed by atoms with Crippen molar-refractivity contribution in [2.24, 2.45) is 0 Å². The molecule has 3 rings (SSSR count). The Balaban J connectivity index is 1.46. The highest BCUT2D eigenvalue weighted by atomic mass is 35.5. The maximum Gasteiger partial charge on any atom is 0.315 e. The number of carbonyl (C=O) groups is 1. The number of urea groups is 1. The van der Waals surface area contributed by atoms with Crippen LogP contribution in [0, 0.1) is 0 Å². The second-order valence-electron chi connectivity index (χ2n) is 6.09. The van der Waals surface area contributed by atoms with Gasteiger partial charge in [-0.05, 0) is 37.0 Å². The van der Waals surface area contributed by atoms with Crippen LogP contribution >= 0.6 is 11.6 Å². The van der Waals surface area contributed by atoms with E-state index in [1.807, 2.05) is 12.1 Å². The average molecular weight is 339 g/mol. The van der Waals surface area contributed by atoms with E-state index < -0.39 is 0 Å². The monoisotopic (exact) mass is 338 g/mol. The van der Waals surface area contributed by atoms with Crippen molar-refractivity contribution in [2.75, 3.05) is 19.8 Å². The number of benzene rings is 1. The van der Waals surface area contributed by atoms with Gasteiger partial charge in [-0.1, -0.05) is 30.9 Å². The second kappa shape index (κ2) is 7.77. The Bertz CT molecular complexity index is 559. The molecule has 0 atom stereocenters. The van der Waals surface area contributed by atoms with Gasteiger partial charge in [0.15, 0.2) is 11.5 Å². The fourth-order valence-corrected chi connectivity index (χ4v) is 3.40. The number of rotatable bonds is 4. The topological polar surface area (TPSA) is 59.6 Å². The highest BCUT2D eigenvalue weighted by Gasteiger charge is 2.17. The van der Waals surface area contributed by atoms with Gasteiger partial charge in [-0.25, -0.2) is 4.79 Å². The molecule has 1 aromatic carbocycles. The molecular weight excluding hydrogens is 316 g/mol. The molecule has 0 saturated heterocycles. The largest absolute Gasteiger partial charge is 0.486 e. The summed E-state index contributed by atoms with van der Waals surface area (Å²) in [5.41, 5.74) is 1.03. The molecule has 5 nitrogen and oxygen atoms in total. The number of nitrogens with one attached hydrogen (secondary N) is 2. The first kappa shape index (κ1) is 16.2. The number of fused-ring (bicyclic) bond motifs is 1. The molecule has 1 aromatic rings. The van der Waals surface area contributed by atoms with Crippen molar-refractivity contribution in [3.05, 3.63) is 22.7 Å². The molecule has 1 fully saturated rings. The van der Waals surface area contributed by atoms with Crippen LogP contribution in [0.2, 0.25) is 5.02 Å². The van der Waals surface area contributed by atoms with Crippen molar-refractivity contribution in [1.82, 2.24) is 10.6 Å². The second-order valence-corrected chi connectivity index (χ2v) is 6.49. The minimum atomic E-state index is -0.0828. The molecule has 2 aliphatic rings. The number of halogens is 1. The number of hydrogen-bond acceptors (Lipinski definition) is 3. The molecule has 0 bridgehead atoms. The quantitative estimate of drug-likeness (QED) is 0.885. The molecule has 6 heteroatoms. The average Bonchev–Trinajstić information content (AvgIpc) is 2.56. The molecule has 1 aliphatic carbocycles. The minimum Gasteiger partial charge on any atom is -0.486 e. The van der Waals surface area contributed by atoms with Crippen molar-refractivity contribution in [2.45, 2.75) is 44.6 Å². The third-order valence-electron chi connectivity index (χ3n) is 4.30. The summed E-state index contributed by atoms with van der Waals surface area (Å²) in [5, 5.41) is 6.52. The molecule has 1 saturated carbocycles. The van der Waals surface area contributed by atoms with Crippen molar-refractivity contribution in [3.63, 3.8) is 0 Å². The van der Waals surface area contributed by atoms with Gasteiger partial charge in [0.05, 0.1) is 5.02 Å². The molecule has 23 heavy (non-hydrogen) atoms. The smallest absolute Gasteiger partial charge is 0.315 e. The zero-order valence-corrected chi connectivity index (χ0v) is 14.0. The van der Waals surface area contributed by atoms with Crippen molar-refractivity contribution in [1.29, 1.82) is 0 Å². The molecule has 2 amide bonds. The fraction of sp³-hybridized carbons (Fsp3) is 0.588. The van der Waals surface area contributed by atoms with Crippen LogP contribution in [0.5, 0.6) is 11.5 Å². The van der Waals surface area contributed by atoms with E-state index in [-0.39, 0.29) is 6.03 Å². The number of amides is 2. The van der Waals surface area contributed by atoms with Crippen LogP contribution in [0.3, 0.4) is 0 Å². The van der Waals surface area contributed by atoms with Crippen LogP contribution in [0.25, 0.3) is 0 Å². The van der Waals surface area contributed by atoms with Crippen LogP contribution in [0.4, 0.5) is 4.79 Å². The molecule has 1 heterocycles. The minimum absolute atomic E-state index is 0.0828. The first-order chi connectivity index (χ1) is 11.2. The third kappa shape index (κ3) is 4.44. The third-order valence-corrected chi connectivity index (χ3v) is 4.58. The zero-order valence-electron chi connectivity index (χ0n) is 13.2. The Morgan fingerprint density at radius 2 is 1.96 bits per heavy atom. The molecule has 0 radical (unpaired) electrons. The Hall–Kier alpha value is -1.62. The van der Waals surface area contributed by atoms with Crippen LogP contribution in [0.15, 0.2) is 12.1 Å². The summed E-state index contributed by atoms with van der Waals surface area (Å²) in [5.74, 6) is 1.30. The van der Waals surface area contributed by atoms with E-state index in [9.17, 15) is 4.79 Å². The van der Waals surface area contributed by atoms with Crippen LogP contribution in [-0.4, -0.2) is 31.8 Å². The maximum absolute atomic E-state index is 11.9. The van der Waals surface area contributed by atoms with Gasteiger partial charge in [0.2, 0.25) is 0 Å². The SMILES string of the molecule is O=C(NCCc1cc(Cl)c2c(c1)OCCO2)NC1CCCCC1. The van der Waals surface area contributed by atoms with E-state index in [4.69, 9.17) is 21.1 Å². The molecule has 1 aliphatic heterocycles. The van der Waals surface area contributed by atoms with Crippen LogP contribution in [0.1, 0.15) is 37.7 Å². The predicted octanol–water partition coefficient (Wildman–Crippen LogP) is 3.29. The van der Waals surface area contributed by atoms with Gasteiger partial charge >= 0.3 is 6.03 Å². The zero-order chi connectivity index (χ0) is 16.1. The summed E-state index contributed by atoms with van der Waals surface area (Å²) in [6.45, 7) is 1.62. The van der Waals surface area contributed by atoms with Gasteiger partial charge in [-0.3, -0.25) is 0 Å². The first-order valence-electron chi connectivity index (χ1n) is 8.35. The number of carbonyl (C=O) groups excluding carboxylic acids is 1. The summed E-state index contributed by atoms with van der Waals surface area (Å²) in [6.07, 6.45) is 6.58. The highest BCUT2D eigenvalue weighted by molar-refractivity contribution is 6.32. The Morgan fingerprint density at radius 3 is 2.78 bits per heavy atom. The Labute approximate surface area is 141 Å². The molecule has 0 unspecified atom stereocenters. The summed E-state index contributed by atoms with van der Waals surface area (Å²) in [4.78, 5) is 11.9. The van der Waals surface area contributed by atoms with Crippen LogP contribution in [-0.2, 0) is 6.42 Å². The van der Waals surface area contributed by atoms with Crippen LogP contribution < -0.4 is 20.1 Å². The van der Waals surface area contributed by atoms with Crippen molar-refractivity contribution in [3.8, 4) is 11.5 Å². The predicted molar refractivity (Wildman–Crippen MR) is 89.6 cm³/mol. The van der Waals surface area contributed by atoms with Gasteiger partial charge in [-0.2, -0.15) is 0 Å². The van der Waals surface area contributed by atoms with E-state index in [2.05, 4.69) is 10.6 Å². The maximum atomic E-state index is 11.9. The lowest BCUT2D eigenvalue weighted by Crippen LogP contribution is -2.43. The number of hydrogen-bond donors (Lipinski definition) is 2. The normalized spacial score (nSPS) is 17.6. The van der Waals surface area contributed by atoms with Gasteiger partial charge in [0, 0.05) is 12.6 Å². The lowest BCUT2D eigenvalue weighted by atomic mass is 9.96. The van der Waals surface area contributed by atoms with Crippen molar-refractivity contribution < 1.29 is 14.3 Å². The summed E-state index contributed by atoms with van der Waals surface area (Å²) in [7, 11) is 0. The summed E-state index contributed by atoms with van der Waals surface area (Å²) in [6, 6.07) is 4.05. The van der Waals surface area contributed by atoms with E-state index in [0.29, 0.717) is 48.7 Å². The molecular formula is C17H23ClN2O3. The first-order valence-corrected chi connectivity index (χ1v) is 8.72. The van der Waals surface area contributed by atoms with Gasteiger partial charge < -0.3 is 20.1 Å². The molecule has 126 valence electrons. The lowest BCUT2D eigenvalue weighted by molar-refractivity contribution is 0.171. The Morgan fingerprint density at radius 1 is 1.17 bits per heavy atom. The highest BCUT2D eigenvalue weighted by Crippen LogP contribution is 2.38. The van der Waals surface area contributed by atoms with Crippen molar-refractivity contribution >= 4 is 17.6 Å². The van der Waals surface area contributed by atoms with E-state index in [0.717, 1.165) is 18.4 Å². The van der Waals surface area contributed by atoms with Gasteiger partial charge in [0.1, 0.15) is 13.2 Å². The number of ether oxygens (including phenoxy) is 2. The van der Waals surface area contributed by atoms with E-state index >= 15 is 0 Å². The standard InChI is InChI=1S/C17H23ClN2O3/c18-14-10-12(11-15-16(14)23-9-8-22-15)6-7-19-17(21)20-13-4-2-1-3-5-13/h10-11,13H,1-9H2,(H2,19,20,21). The van der Waals surface area contributed by atoms with E-state index in [1.165, 1.54) is 19.3 Å². The molecule has 0 aromatic heterocycles. The van der Waals surface area contributed by atoms with Gasteiger partial charge in [-0.15, -0.1) is 0 Å². The molecule has 0 spiro atoms. The van der Waals surface area contributed by atoms with Gasteiger partial charge in [0.25, 0.3) is 0 Å². The lowest BCUT2D eigenvalue weighted by Gasteiger charge is -2.23. The fourth-order valence-electron chi connectivity index (χ4n) is 3.11. The molecule has 2 N–H and O–H groups in total. The van der Waals surface area contributed by atoms with E-state index in [1.54, 1.807) is 0 Å².